The fraction of sp³-hybridized carbons (Fsp3) is 0.150. The Morgan fingerprint density at radius 2 is 1.90 bits per heavy atom. The van der Waals surface area contributed by atoms with Crippen LogP contribution in [0.5, 0.6) is 0 Å². The predicted octanol–water partition coefficient (Wildman–Crippen LogP) is 5.29. The highest BCUT2D eigenvalue weighted by Gasteiger charge is 2.34. The van der Waals surface area contributed by atoms with E-state index in [1.165, 1.54) is 6.20 Å². The van der Waals surface area contributed by atoms with Gasteiger partial charge >= 0.3 is 6.18 Å². The number of rotatable bonds is 7. The van der Waals surface area contributed by atoms with Gasteiger partial charge in [-0.25, -0.2) is 15.4 Å². The first-order chi connectivity index (χ1) is 14.6. The molecule has 0 bridgehead atoms. The van der Waals surface area contributed by atoms with Crippen molar-refractivity contribution in [1.82, 2.24) is 20.8 Å². The molecular weight excluding hydrogens is 451 g/mol. The van der Waals surface area contributed by atoms with E-state index in [0.29, 0.717) is 16.8 Å². The van der Waals surface area contributed by atoms with Crippen molar-refractivity contribution in [3.8, 4) is 0 Å². The quantitative estimate of drug-likeness (QED) is 0.411. The number of thiazole rings is 1. The fourth-order valence-corrected chi connectivity index (χ4v) is 3.49. The summed E-state index contributed by atoms with van der Waals surface area (Å²) >= 11 is 6.64. The average molecular weight is 468 g/mol. The second-order valence-electron chi connectivity index (χ2n) is 6.40. The molecule has 0 aliphatic heterocycles. The van der Waals surface area contributed by atoms with Crippen LogP contribution in [0.1, 0.15) is 38.8 Å². The van der Waals surface area contributed by atoms with Crippen molar-refractivity contribution in [2.45, 2.75) is 19.1 Å². The number of carbonyl (C=O) groups excluding carboxylic acids is 1. The molecule has 0 fully saturated rings. The Hall–Kier alpha value is -2.95. The molecule has 1 amide bonds. The van der Waals surface area contributed by atoms with Crippen molar-refractivity contribution in [1.29, 1.82) is 0 Å². The Morgan fingerprint density at radius 1 is 1.19 bits per heavy atom. The van der Waals surface area contributed by atoms with Crippen molar-refractivity contribution >= 4 is 40.4 Å². The number of halogens is 4. The number of nitrogens with one attached hydrogen (secondary N) is 3. The summed E-state index contributed by atoms with van der Waals surface area (Å²) in [4.78, 5) is 20.6. The molecule has 3 N–H and O–H groups in total. The Kier molecular flexibility index (Phi) is 6.94. The number of nitrogens with zero attached hydrogens (tertiary/aromatic N) is 2. The van der Waals surface area contributed by atoms with Gasteiger partial charge in [0.05, 0.1) is 22.8 Å². The summed E-state index contributed by atoms with van der Waals surface area (Å²) in [6.07, 6.45) is -2.47. The normalized spacial score (nSPS) is 12.3. The lowest BCUT2D eigenvalue weighted by atomic mass is 10.2. The van der Waals surface area contributed by atoms with Crippen LogP contribution in [0.2, 0.25) is 5.02 Å². The molecule has 162 valence electrons. The summed E-state index contributed by atoms with van der Waals surface area (Å²) in [5, 5.41) is 2.38. The van der Waals surface area contributed by atoms with Crippen LogP contribution >= 0.6 is 22.9 Å². The average Bonchev–Trinajstić information content (AvgIpc) is 3.23. The van der Waals surface area contributed by atoms with E-state index in [4.69, 9.17) is 11.6 Å². The SMILES string of the molecule is C=C(NNC(C)c1ncc(C(=O)Nc2cc(C(F)(F)F)c(Cl)cn2)s1)c1ccccc1. The zero-order valence-corrected chi connectivity index (χ0v) is 17.7. The summed E-state index contributed by atoms with van der Waals surface area (Å²) in [6, 6.07) is 9.92. The minimum Gasteiger partial charge on any atom is -0.321 e. The lowest BCUT2D eigenvalue weighted by Gasteiger charge is -2.15. The smallest absolute Gasteiger partial charge is 0.321 e. The Balaban J connectivity index is 1.62. The molecule has 0 radical (unpaired) electrons. The maximum absolute atomic E-state index is 13.0. The molecular formula is C20H17ClF3N5OS. The molecule has 2 heterocycles. The predicted molar refractivity (Wildman–Crippen MR) is 114 cm³/mol. The molecule has 1 atom stereocenters. The van der Waals surface area contributed by atoms with E-state index in [-0.39, 0.29) is 16.7 Å². The second kappa shape index (κ2) is 9.46. The van der Waals surface area contributed by atoms with Crippen LogP contribution in [0.25, 0.3) is 5.70 Å². The van der Waals surface area contributed by atoms with Gasteiger partial charge in [-0.2, -0.15) is 13.2 Å². The summed E-state index contributed by atoms with van der Waals surface area (Å²) in [5.41, 5.74) is 6.54. The molecule has 0 aliphatic carbocycles. The zero-order chi connectivity index (χ0) is 22.6. The lowest BCUT2D eigenvalue weighted by molar-refractivity contribution is -0.137. The zero-order valence-electron chi connectivity index (χ0n) is 16.1. The summed E-state index contributed by atoms with van der Waals surface area (Å²) in [7, 11) is 0. The first-order valence-corrected chi connectivity index (χ1v) is 10.1. The molecule has 11 heteroatoms. The maximum Gasteiger partial charge on any atom is 0.418 e. The van der Waals surface area contributed by atoms with E-state index in [1.54, 1.807) is 0 Å². The molecule has 1 aromatic carbocycles. The highest BCUT2D eigenvalue weighted by atomic mass is 35.5. The number of amides is 1. The summed E-state index contributed by atoms with van der Waals surface area (Å²) in [5.74, 6) is -0.885. The number of alkyl halides is 3. The minimum atomic E-state index is -4.66. The third-order valence-corrected chi connectivity index (χ3v) is 5.56. The van der Waals surface area contributed by atoms with Gasteiger partial charge in [0.1, 0.15) is 15.7 Å². The molecule has 31 heavy (non-hydrogen) atoms. The molecule has 2 aromatic heterocycles. The third-order valence-electron chi connectivity index (χ3n) is 4.08. The van der Waals surface area contributed by atoms with Crippen LogP contribution in [0, 0.1) is 0 Å². The number of carbonyl (C=O) groups is 1. The van der Waals surface area contributed by atoms with Gasteiger partial charge in [0.2, 0.25) is 0 Å². The largest absolute Gasteiger partial charge is 0.418 e. The molecule has 0 saturated carbocycles. The lowest BCUT2D eigenvalue weighted by Crippen LogP contribution is -2.32. The third kappa shape index (κ3) is 5.81. The number of aromatic nitrogens is 2. The van der Waals surface area contributed by atoms with Gasteiger partial charge in [-0.1, -0.05) is 48.5 Å². The van der Waals surface area contributed by atoms with Gasteiger partial charge in [-0.15, -0.1) is 11.3 Å². The summed E-state index contributed by atoms with van der Waals surface area (Å²) in [6.45, 7) is 5.79. The van der Waals surface area contributed by atoms with Crippen molar-refractivity contribution in [2.24, 2.45) is 0 Å². The van der Waals surface area contributed by atoms with Crippen molar-refractivity contribution in [2.75, 3.05) is 5.32 Å². The first kappa shape index (κ1) is 22.7. The molecule has 0 saturated heterocycles. The Labute approximate surface area is 185 Å². The number of benzene rings is 1. The van der Waals surface area contributed by atoms with Crippen LogP contribution in [-0.2, 0) is 6.18 Å². The molecule has 6 nitrogen and oxygen atoms in total. The van der Waals surface area contributed by atoms with Crippen molar-refractivity contribution < 1.29 is 18.0 Å². The Morgan fingerprint density at radius 3 is 2.58 bits per heavy atom. The van der Waals surface area contributed by atoms with E-state index in [1.807, 2.05) is 37.3 Å². The number of hydrogen-bond acceptors (Lipinski definition) is 6. The molecule has 0 spiro atoms. The monoisotopic (exact) mass is 467 g/mol. The topological polar surface area (TPSA) is 78.9 Å². The highest BCUT2D eigenvalue weighted by Crippen LogP contribution is 2.35. The van der Waals surface area contributed by atoms with Gasteiger partial charge in [0.25, 0.3) is 5.91 Å². The number of hydrazine groups is 1. The van der Waals surface area contributed by atoms with Gasteiger partial charge in [0.15, 0.2) is 0 Å². The number of pyridine rings is 1. The molecule has 3 aromatic rings. The van der Waals surface area contributed by atoms with E-state index < -0.39 is 22.7 Å². The summed E-state index contributed by atoms with van der Waals surface area (Å²) < 4.78 is 38.9. The van der Waals surface area contributed by atoms with Crippen LogP contribution in [0.4, 0.5) is 19.0 Å². The van der Waals surface area contributed by atoms with Crippen LogP contribution < -0.4 is 16.2 Å². The second-order valence-corrected chi connectivity index (χ2v) is 7.87. The van der Waals surface area contributed by atoms with Crippen molar-refractivity contribution in [3.63, 3.8) is 0 Å². The van der Waals surface area contributed by atoms with E-state index in [9.17, 15) is 18.0 Å². The van der Waals surface area contributed by atoms with E-state index in [0.717, 1.165) is 23.1 Å². The maximum atomic E-state index is 13.0. The number of anilines is 1. The van der Waals surface area contributed by atoms with Gasteiger partial charge in [-0.3, -0.25) is 4.79 Å². The van der Waals surface area contributed by atoms with E-state index >= 15 is 0 Å². The van der Waals surface area contributed by atoms with Crippen LogP contribution in [0.3, 0.4) is 0 Å². The van der Waals surface area contributed by atoms with Gasteiger partial charge < -0.3 is 10.7 Å². The van der Waals surface area contributed by atoms with Gasteiger partial charge in [-0.05, 0) is 18.6 Å². The first-order valence-electron chi connectivity index (χ1n) is 8.91. The number of hydrogen-bond donors (Lipinski definition) is 3. The minimum absolute atomic E-state index is 0.218. The fourth-order valence-electron chi connectivity index (χ4n) is 2.46. The standard InChI is InChI=1S/C20H17ClF3N5OS/c1-11(13-6-4-3-5-7-13)28-29-12(2)19-26-10-16(31-19)18(30)27-17-8-14(20(22,23)24)15(21)9-25-17/h3-10,12,28-29H,1H2,2H3,(H,25,27,30). The highest BCUT2D eigenvalue weighted by molar-refractivity contribution is 7.13. The van der Waals surface area contributed by atoms with Gasteiger partial charge in [0, 0.05) is 11.9 Å². The van der Waals surface area contributed by atoms with Crippen LogP contribution in [0.15, 0.2) is 55.4 Å². The van der Waals surface area contributed by atoms with Crippen LogP contribution in [-0.4, -0.2) is 15.9 Å². The Bertz CT molecular complexity index is 1090. The molecule has 1 unspecified atom stereocenters. The van der Waals surface area contributed by atoms with E-state index in [2.05, 4.69) is 32.7 Å². The molecule has 0 aliphatic rings. The molecule has 3 rings (SSSR count). The van der Waals surface area contributed by atoms with Crippen molar-refractivity contribution in [3.05, 3.63) is 81.4 Å².